The molecule has 2 aliphatic heterocycles. The molecule has 0 aromatic heterocycles. The Balaban J connectivity index is 1.26. The average molecular weight is 606 g/mol. The normalized spacial score (nSPS) is 17.6. The van der Waals surface area contributed by atoms with Crippen molar-refractivity contribution >= 4 is 39.3 Å². The van der Waals surface area contributed by atoms with Gasteiger partial charge in [0, 0.05) is 37.9 Å². The number of fused-ring (bicyclic) bond motifs is 2. The Morgan fingerprint density at radius 3 is 1.82 bits per heavy atom. The van der Waals surface area contributed by atoms with E-state index in [-0.39, 0.29) is 29.7 Å². The third-order valence-electron chi connectivity index (χ3n) is 9.32. The molecule has 4 aromatic carbocycles. The van der Waals surface area contributed by atoms with Gasteiger partial charge in [-0.2, -0.15) is 0 Å². The molecule has 8 heteroatoms. The molecule has 5 N–H and O–H groups in total. The van der Waals surface area contributed by atoms with E-state index >= 15 is 0 Å². The summed E-state index contributed by atoms with van der Waals surface area (Å²) >= 11 is 0. The highest BCUT2D eigenvalue weighted by Gasteiger charge is 2.32. The summed E-state index contributed by atoms with van der Waals surface area (Å²) in [6, 6.07) is 27.0. The predicted molar refractivity (Wildman–Crippen MR) is 179 cm³/mol. The maximum absolute atomic E-state index is 14.2. The monoisotopic (exact) mass is 605 g/mol. The second-order valence-electron chi connectivity index (χ2n) is 12.6. The molecule has 3 amide bonds. The van der Waals surface area contributed by atoms with Crippen LogP contribution in [0.5, 0.6) is 0 Å². The lowest BCUT2D eigenvalue weighted by atomic mass is 9.95. The molecule has 234 valence electrons. The van der Waals surface area contributed by atoms with Gasteiger partial charge in [-0.05, 0) is 71.4 Å². The Hall–Kier alpha value is -4.27. The number of hydrogen-bond acceptors (Lipinski definition) is 5. The highest BCUT2D eigenvalue weighted by Crippen LogP contribution is 2.20. The second-order valence-corrected chi connectivity index (χ2v) is 12.6. The summed E-state index contributed by atoms with van der Waals surface area (Å²) in [6.45, 7) is 2.69. The minimum absolute atomic E-state index is 0.0825. The number of amides is 3. The smallest absolute Gasteiger partial charge is 0.245 e. The molecule has 8 nitrogen and oxygen atoms in total. The molecule has 0 spiro atoms. The van der Waals surface area contributed by atoms with E-state index in [1.54, 1.807) is 0 Å². The van der Waals surface area contributed by atoms with Gasteiger partial charge in [0.15, 0.2) is 0 Å². The minimum atomic E-state index is -0.824. The predicted octanol–water partition coefficient (Wildman–Crippen LogP) is 3.70. The van der Waals surface area contributed by atoms with Crippen molar-refractivity contribution in [3.05, 3.63) is 96.1 Å². The van der Waals surface area contributed by atoms with Gasteiger partial charge < -0.3 is 26.6 Å². The summed E-state index contributed by atoms with van der Waals surface area (Å²) in [4.78, 5) is 43.4. The standard InChI is InChI=1S/C37H43N5O3/c38-32-15-19-42(20-16-32)37(45)34(24-26-10-12-28-6-2-4-8-31(28)22-26)41-36(44)33(40-35(43)29-13-17-39-18-14-29)23-25-9-11-27-5-1-3-7-30(27)21-25/h1-12,21-22,29,32-34,39H,13-20,23-24,38H2,(H,40,43)(H,41,44). The zero-order chi connectivity index (χ0) is 31.2. The number of likely N-dealkylation sites (tertiary alicyclic amines) is 1. The van der Waals surface area contributed by atoms with Gasteiger partial charge in [0.2, 0.25) is 17.7 Å². The molecule has 0 radical (unpaired) electrons. The molecule has 2 unspecified atom stereocenters. The van der Waals surface area contributed by atoms with Crippen molar-refractivity contribution in [2.24, 2.45) is 11.7 Å². The van der Waals surface area contributed by atoms with Crippen LogP contribution in [0.25, 0.3) is 21.5 Å². The van der Waals surface area contributed by atoms with Crippen LogP contribution in [-0.4, -0.2) is 66.9 Å². The van der Waals surface area contributed by atoms with Gasteiger partial charge >= 0.3 is 0 Å². The third-order valence-corrected chi connectivity index (χ3v) is 9.32. The number of carbonyl (C=O) groups is 3. The van der Waals surface area contributed by atoms with Gasteiger partial charge in [-0.3, -0.25) is 14.4 Å². The van der Waals surface area contributed by atoms with Gasteiger partial charge in [-0.15, -0.1) is 0 Å². The van der Waals surface area contributed by atoms with Crippen molar-refractivity contribution in [2.75, 3.05) is 26.2 Å². The van der Waals surface area contributed by atoms with E-state index in [2.05, 4.69) is 52.3 Å². The van der Waals surface area contributed by atoms with Crippen LogP contribution in [0.4, 0.5) is 0 Å². The van der Waals surface area contributed by atoms with Crippen molar-refractivity contribution < 1.29 is 14.4 Å². The van der Waals surface area contributed by atoms with Crippen LogP contribution < -0.4 is 21.7 Å². The number of carbonyl (C=O) groups excluding carboxylic acids is 3. The Labute approximate surface area is 264 Å². The number of rotatable bonds is 9. The number of nitrogens with two attached hydrogens (primary N) is 1. The lowest BCUT2D eigenvalue weighted by Crippen LogP contribution is -2.57. The Bertz CT molecular complexity index is 1660. The largest absolute Gasteiger partial charge is 0.344 e. The van der Waals surface area contributed by atoms with E-state index in [9.17, 15) is 14.4 Å². The molecule has 0 saturated carbocycles. The summed E-state index contributed by atoms with van der Waals surface area (Å²) in [6.07, 6.45) is 3.61. The van der Waals surface area contributed by atoms with Gasteiger partial charge in [0.25, 0.3) is 0 Å². The van der Waals surface area contributed by atoms with E-state index < -0.39 is 12.1 Å². The van der Waals surface area contributed by atoms with Crippen LogP contribution in [0.2, 0.25) is 0 Å². The van der Waals surface area contributed by atoms with Gasteiger partial charge in [0.05, 0.1) is 0 Å². The number of hydrogen-bond donors (Lipinski definition) is 4. The topological polar surface area (TPSA) is 117 Å². The second kappa shape index (κ2) is 14.2. The molecule has 45 heavy (non-hydrogen) atoms. The minimum Gasteiger partial charge on any atom is -0.344 e. The quantitative estimate of drug-likeness (QED) is 0.232. The summed E-state index contributed by atoms with van der Waals surface area (Å²) in [5.74, 6) is -0.721. The summed E-state index contributed by atoms with van der Waals surface area (Å²) < 4.78 is 0. The van der Waals surface area contributed by atoms with E-state index in [0.717, 1.165) is 71.4 Å². The zero-order valence-corrected chi connectivity index (χ0v) is 25.7. The van der Waals surface area contributed by atoms with Crippen LogP contribution in [0.15, 0.2) is 84.9 Å². The molecule has 0 aliphatic carbocycles. The first-order valence-electron chi connectivity index (χ1n) is 16.2. The number of benzene rings is 4. The lowest BCUT2D eigenvalue weighted by Gasteiger charge is -2.34. The fourth-order valence-electron chi connectivity index (χ4n) is 6.60. The Kier molecular flexibility index (Phi) is 9.72. The van der Waals surface area contributed by atoms with Crippen molar-refractivity contribution in [3.63, 3.8) is 0 Å². The van der Waals surface area contributed by atoms with Crippen LogP contribution in [0.1, 0.15) is 36.8 Å². The summed E-state index contributed by atoms with van der Waals surface area (Å²) in [5, 5.41) is 13.9. The first kappa shape index (κ1) is 30.7. The highest BCUT2D eigenvalue weighted by atomic mass is 16.2. The Morgan fingerprint density at radius 2 is 1.24 bits per heavy atom. The first-order valence-corrected chi connectivity index (χ1v) is 16.2. The van der Waals surface area contributed by atoms with Crippen molar-refractivity contribution in [1.29, 1.82) is 0 Å². The van der Waals surface area contributed by atoms with Gasteiger partial charge in [0.1, 0.15) is 12.1 Å². The van der Waals surface area contributed by atoms with Crippen molar-refractivity contribution in [1.82, 2.24) is 20.9 Å². The lowest BCUT2D eigenvalue weighted by molar-refractivity contribution is -0.138. The van der Waals surface area contributed by atoms with E-state index in [1.807, 2.05) is 53.4 Å². The third kappa shape index (κ3) is 7.70. The number of nitrogens with one attached hydrogen (secondary N) is 3. The fraction of sp³-hybridized carbons (Fsp3) is 0.378. The molecule has 0 bridgehead atoms. The van der Waals surface area contributed by atoms with Crippen molar-refractivity contribution in [2.45, 2.75) is 56.7 Å². The molecule has 6 rings (SSSR count). The van der Waals surface area contributed by atoms with Crippen LogP contribution >= 0.6 is 0 Å². The van der Waals surface area contributed by atoms with E-state index in [0.29, 0.717) is 25.9 Å². The molecule has 2 heterocycles. The van der Waals surface area contributed by atoms with Gasteiger partial charge in [-0.25, -0.2) is 0 Å². The summed E-state index contributed by atoms with van der Waals surface area (Å²) in [7, 11) is 0. The number of piperidine rings is 2. The van der Waals surface area contributed by atoms with Gasteiger partial charge in [-0.1, -0.05) is 84.9 Å². The maximum atomic E-state index is 14.2. The van der Waals surface area contributed by atoms with E-state index in [4.69, 9.17) is 5.73 Å². The van der Waals surface area contributed by atoms with Crippen LogP contribution in [0.3, 0.4) is 0 Å². The van der Waals surface area contributed by atoms with Crippen LogP contribution in [-0.2, 0) is 27.2 Å². The molecular weight excluding hydrogens is 562 g/mol. The average Bonchev–Trinajstić information content (AvgIpc) is 3.08. The summed E-state index contributed by atoms with van der Waals surface area (Å²) in [5.41, 5.74) is 8.04. The van der Waals surface area contributed by atoms with Crippen LogP contribution in [0, 0.1) is 5.92 Å². The maximum Gasteiger partial charge on any atom is 0.245 e. The Morgan fingerprint density at radius 1 is 0.711 bits per heavy atom. The zero-order valence-electron chi connectivity index (χ0n) is 25.7. The molecule has 2 atom stereocenters. The molecule has 2 fully saturated rings. The molecule has 2 saturated heterocycles. The molecular formula is C37H43N5O3. The SMILES string of the molecule is NC1CCN(C(=O)C(Cc2ccc3ccccc3c2)NC(=O)C(Cc2ccc3ccccc3c2)NC(=O)C2CCNCC2)CC1. The van der Waals surface area contributed by atoms with Crippen molar-refractivity contribution in [3.8, 4) is 0 Å². The number of nitrogens with zero attached hydrogens (tertiary/aromatic N) is 1. The van der Waals surface area contributed by atoms with E-state index in [1.165, 1.54) is 0 Å². The molecule has 4 aromatic rings. The first-order chi connectivity index (χ1) is 21.9. The highest BCUT2D eigenvalue weighted by molar-refractivity contribution is 5.93. The molecule has 2 aliphatic rings. The fourth-order valence-corrected chi connectivity index (χ4v) is 6.60.